The van der Waals surface area contributed by atoms with Crippen LogP contribution in [-0.2, 0) is 4.74 Å². The third-order valence-electron chi connectivity index (χ3n) is 1.89. The van der Waals surface area contributed by atoms with Gasteiger partial charge in [0.05, 0.1) is 11.5 Å². The molecule has 0 spiro atoms. The Labute approximate surface area is 102 Å². The van der Waals surface area contributed by atoms with Crippen LogP contribution in [-0.4, -0.2) is 23.5 Å². The Hall–Kier alpha value is -2.64. The maximum atomic E-state index is 11.5. The van der Waals surface area contributed by atoms with Crippen LogP contribution in [0.15, 0.2) is 24.3 Å². The number of carbonyl (C=O) groups excluding carboxylic acids is 2. The Bertz CT molecular complexity index is 457. The molecule has 18 heavy (non-hydrogen) atoms. The first-order valence-corrected chi connectivity index (χ1v) is 5.02. The van der Waals surface area contributed by atoms with Crippen molar-refractivity contribution in [3.8, 4) is 0 Å². The van der Waals surface area contributed by atoms with Crippen LogP contribution in [0.3, 0.4) is 0 Å². The fraction of sp³-hybridized carbons (Fsp3) is 0.200. The van der Waals surface area contributed by atoms with Crippen LogP contribution < -0.4 is 10.9 Å². The number of nitrogens with zero attached hydrogens (tertiary/aromatic N) is 1. The molecule has 1 aromatic rings. The molecule has 0 saturated heterocycles. The number of rotatable bonds is 3. The van der Waals surface area contributed by atoms with E-state index < -0.39 is 16.9 Å². The van der Waals surface area contributed by atoms with Crippen LogP contribution in [0.5, 0.6) is 0 Å². The molecule has 2 amide bonds. The van der Waals surface area contributed by atoms with Gasteiger partial charge in [-0.25, -0.2) is 10.2 Å². The first-order chi connectivity index (χ1) is 8.54. The highest BCUT2D eigenvalue weighted by molar-refractivity contribution is 5.95. The summed E-state index contributed by atoms with van der Waals surface area (Å²) in [5.41, 5.74) is 4.18. The van der Waals surface area contributed by atoms with Gasteiger partial charge in [-0.2, -0.15) is 0 Å². The maximum Gasteiger partial charge on any atom is 0.426 e. The van der Waals surface area contributed by atoms with Gasteiger partial charge < -0.3 is 4.74 Å². The predicted molar refractivity (Wildman–Crippen MR) is 60.7 cm³/mol. The molecule has 0 saturated carbocycles. The number of hydrogen-bond donors (Lipinski definition) is 2. The second-order valence-electron chi connectivity index (χ2n) is 3.10. The van der Waals surface area contributed by atoms with E-state index >= 15 is 0 Å². The number of non-ortho nitro benzene ring substituents is 1. The van der Waals surface area contributed by atoms with E-state index in [9.17, 15) is 19.7 Å². The summed E-state index contributed by atoms with van der Waals surface area (Å²) in [6.07, 6.45) is -0.784. The van der Waals surface area contributed by atoms with E-state index in [1.165, 1.54) is 24.3 Å². The lowest BCUT2D eigenvalue weighted by Crippen LogP contribution is -2.41. The van der Waals surface area contributed by atoms with Crippen molar-refractivity contribution in [3.05, 3.63) is 39.9 Å². The minimum atomic E-state index is -0.784. The molecule has 0 aliphatic heterocycles. The Balaban J connectivity index is 2.56. The average molecular weight is 253 g/mol. The molecule has 0 heterocycles. The molecular formula is C10H11N3O5. The molecule has 0 bridgehead atoms. The summed E-state index contributed by atoms with van der Waals surface area (Å²) in [5.74, 6) is -0.599. The van der Waals surface area contributed by atoms with E-state index in [-0.39, 0.29) is 17.9 Å². The molecule has 0 atom stereocenters. The van der Waals surface area contributed by atoms with E-state index in [1.807, 2.05) is 5.43 Å². The SMILES string of the molecule is CCOC(=O)NNC(=O)c1ccc([N+](=O)[O-])cc1. The summed E-state index contributed by atoms with van der Waals surface area (Å²) in [6, 6.07) is 4.94. The van der Waals surface area contributed by atoms with Crippen molar-refractivity contribution in [2.24, 2.45) is 0 Å². The highest BCUT2D eigenvalue weighted by atomic mass is 16.6. The fourth-order valence-electron chi connectivity index (χ4n) is 1.08. The summed E-state index contributed by atoms with van der Waals surface area (Å²) in [6.45, 7) is 1.80. The molecule has 0 aliphatic rings. The minimum absolute atomic E-state index is 0.120. The summed E-state index contributed by atoms with van der Waals surface area (Å²) >= 11 is 0. The number of benzene rings is 1. The molecule has 0 aromatic heterocycles. The monoisotopic (exact) mass is 253 g/mol. The number of nitro benzene ring substituents is 1. The molecular weight excluding hydrogens is 242 g/mol. The van der Waals surface area contributed by atoms with Crippen LogP contribution in [0.4, 0.5) is 10.5 Å². The first-order valence-electron chi connectivity index (χ1n) is 5.02. The second-order valence-corrected chi connectivity index (χ2v) is 3.10. The zero-order chi connectivity index (χ0) is 13.5. The molecule has 0 unspecified atom stereocenters. The zero-order valence-corrected chi connectivity index (χ0v) is 9.50. The van der Waals surface area contributed by atoms with E-state index in [4.69, 9.17) is 0 Å². The maximum absolute atomic E-state index is 11.5. The van der Waals surface area contributed by atoms with Crippen molar-refractivity contribution in [1.82, 2.24) is 10.9 Å². The number of ether oxygens (including phenoxy) is 1. The quantitative estimate of drug-likeness (QED) is 0.616. The molecule has 2 N–H and O–H groups in total. The molecule has 1 aromatic carbocycles. The number of amides is 2. The van der Waals surface area contributed by atoms with Gasteiger partial charge in [-0.3, -0.25) is 20.3 Å². The van der Waals surface area contributed by atoms with Crippen molar-refractivity contribution in [1.29, 1.82) is 0 Å². The first kappa shape index (κ1) is 13.4. The Kier molecular flexibility index (Phi) is 4.61. The number of carbonyl (C=O) groups is 2. The third kappa shape index (κ3) is 3.74. The lowest BCUT2D eigenvalue weighted by molar-refractivity contribution is -0.384. The van der Waals surface area contributed by atoms with Crippen LogP contribution in [0.25, 0.3) is 0 Å². The molecule has 96 valence electrons. The number of nitrogens with one attached hydrogen (secondary N) is 2. The van der Waals surface area contributed by atoms with Crippen molar-refractivity contribution in [2.45, 2.75) is 6.92 Å². The largest absolute Gasteiger partial charge is 0.449 e. The number of hydrogen-bond acceptors (Lipinski definition) is 5. The van der Waals surface area contributed by atoms with Gasteiger partial charge in [0.25, 0.3) is 11.6 Å². The van der Waals surface area contributed by atoms with Gasteiger partial charge in [0, 0.05) is 17.7 Å². The molecule has 8 nitrogen and oxygen atoms in total. The molecule has 0 aliphatic carbocycles. The van der Waals surface area contributed by atoms with Crippen molar-refractivity contribution >= 4 is 17.7 Å². The smallest absolute Gasteiger partial charge is 0.426 e. The zero-order valence-electron chi connectivity index (χ0n) is 9.50. The van der Waals surface area contributed by atoms with Gasteiger partial charge in [0.15, 0.2) is 0 Å². The van der Waals surface area contributed by atoms with Gasteiger partial charge in [-0.1, -0.05) is 0 Å². The van der Waals surface area contributed by atoms with Gasteiger partial charge in [-0.05, 0) is 19.1 Å². The van der Waals surface area contributed by atoms with Crippen LogP contribution in [0.1, 0.15) is 17.3 Å². The van der Waals surface area contributed by atoms with E-state index in [0.717, 1.165) is 0 Å². The van der Waals surface area contributed by atoms with E-state index in [2.05, 4.69) is 10.2 Å². The Morgan fingerprint density at radius 1 is 1.28 bits per heavy atom. The van der Waals surface area contributed by atoms with Gasteiger partial charge >= 0.3 is 6.09 Å². The topological polar surface area (TPSA) is 111 Å². The van der Waals surface area contributed by atoms with Gasteiger partial charge in [-0.15, -0.1) is 0 Å². The summed E-state index contributed by atoms with van der Waals surface area (Å²) in [4.78, 5) is 32.2. The predicted octanol–water partition coefficient (Wildman–Crippen LogP) is 0.986. The third-order valence-corrected chi connectivity index (χ3v) is 1.89. The lowest BCUT2D eigenvalue weighted by Gasteiger charge is -2.06. The molecule has 8 heteroatoms. The normalized spacial score (nSPS) is 9.39. The summed E-state index contributed by atoms with van der Waals surface area (Å²) in [5, 5.41) is 10.4. The average Bonchev–Trinajstić information content (AvgIpc) is 2.36. The molecule has 1 rings (SSSR count). The van der Waals surface area contributed by atoms with Crippen LogP contribution in [0, 0.1) is 10.1 Å². The highest BCUT2D eigenvalue weighted by Crippen LogP contribution is 2.11. The van der Waals surface area contributed by atoms with E-state index in [1.54, 1.807) is 6.92 Å². The van der Waals surface area contributed by atoms with Gasteiger partial charge in [0.1, 0.15) is 0 Å². The molecule has 0 radical (unpaired) electrons. The Morgan fingerprint density at radius 2 is 1.89 bits per heavy atom. The van der Waals surface area contributed by atoms with Crippen LogP contribution >= 0.6 is 0 Å². The highest BCUT2D eigenvalue weighted by Gasteiger charge is 2.10. The lowest BCUT2D eigenvalue weighted by atomic mass is 10.2. The summed E-state index contributed by atoms with van der Waals surface area (Å²) in [7, 11) is 0. The van der Waals surface area contributed by atoms with Crippen LogP contribution in [0.2, 0.25) is 0 Å². The van der Waals surface area contributed by atoms with Crippen molar-refractivity contribution < 1.29 is 19.2 Å². The number of hydrazine groups is 1. The fourth-order valence-corrected chi connectivity index (χ4v) is 1.08. The standard InChI is InChI=1S/C10H11N3O5/c1-2-18-10(15)12-11-9(14)7-3-5-8(6-4-7)13(16)17/h3-6H,2H2,1H3,(H,11,14)(H,12,15). The Morgan fingerprint density at radius 3 is 2.39 bits per heavy atom. The summed E-state index contributed by atoms with van der Waals surface area (Å²) < 4.78 is 4.52. The van der Waals surface area contributed by atoms with E-state index in [0.29, 0.717) is 0 Å². The van der Waals surface area contributed by atoms with Crippen molar-refractivity contribution in [3.63, 3.8) is 0 Å². The van der Waals surface area contributed by atoms with Gasteiger partial charge in [0.2, 0.25) is 0 Å². The number of nitro groups is 1. The van der Waals surface area contributed by atoms with Crippen molar-refractivity contribution in [2.75, 3.05) is 6.61 Å². The molecule has 0 fully saturated rings. The second kappa shape index (κ2) is 6.18. The minimum Gasteiger partial charge on any atom is -0.449 e.